The lowest BCUT2D eigenvalue weighted by molar-refractivity contribution is 0.128. The molecule has 1 unspecified atom stereocenters. The van der Waals surface area contributed by atoms with Gasteiger partial charge in [0.2, 0.25) is 0 Å². The third kappa shape index (κ3) is 4.35. The van der Waals surface area contributed by atoms with E-state index in [1.54, 1.807) is 0 Å². The molecule has 1 aromatic rings. The molecular weight excluding hydrogens is 240 g/mol. The molecule has 108 valence electrons. The zero-order chi connectivity index (χ0) is 14.3. The Kier molecular flexibility index (Phi) is 6.56. The number of nitrogens with zero attached hydrogens (tertiary/aromatic N) is 3. The minimum Gasteiger partial charge on any atom is -0.374 e. The van der Waals surface area contributed by atoms with Crippen LogP contribution in [-0.2, 0) is 11.3 Å². The molecule has 0 fully saturated rings. The largest absolute Gasteiger partial charge is 0.374 e. The highest BCUT2D eigenvalue weighted by Crippen LogP contribution is 2.19. The standard InChI is InChI=1S/C14H26N4O/c1-6-11(4)18(7-2)14-9-12(15-5)16-13(17-14)10-19-8-3/h9,11H,6-8,10H2,1-5H3,(H,15,16,17). The van der Waals surface area contributed by atoms with Gasteiger partial charge in [-0.05, 0) is 27.2 Å². The van der Waals surface area contributed by atoms with E-state index in [1.807, 2.05) is 20.0 Å². The Morgan fingerprint density at radius 3 is 2.58 bits per heavy atom. The Morgan fingerprint density at radius 1 is 1.32 bits per heavy atom. The van der Waals surface area contributed by atoms with Gasteiger partial charge in [-0.25, -0.2) is 9.97 Å². The smallest absolute Gasteiger partial charge is 0.158 e. The van der Waals surface area contributed by atoms with Crippen LogP contribution in [0.25, 0.3) is 0 Å². The third-order valence-corrected chi connectivity index (χ3v) is 3.21. The van der Waals surface area contributed by atoms with Crippen LogP contribution in [0.3, 0.4) is 0 Å². The summed E-state index contributed by atoms with van der Waals surface area (Å²) in [6, 6.07) is 2.45. The molecule has 0 aliphatic carbocycles. The molecule has 0 saturated carbocycles. The van der Waals surface area contributed by atoms with Gasteiger partial charge in [-0.2, -0.15) is 0 Å². The first-order valence-electron chi connectivity index (χ1n) is 7.06. The van der Waals surface area contributed by atoms with Crippen molar-refractivity contribution in [2.24, 2.45) is 0 Å². The van der Waals surface area contributed by atoms with E-state index < -0.39 is 0 Å². The summed E-state index contributed by atoms with van der Waals surface area (Å²) < 4.78 is 5.40. The van der Waals surface area contributed by atoms with E-state index in [-0.39, 0.29) is 0 Å². The molecule has 0 amide bonds. The Hall–Kier alpha value is -1.36. The van der Waals surface area contributed by atoms with Gasteiger partial charge in [0, 0.05) is 32.3 Å². The molecule has 0 aliphatic rings. The van der Waals surface area contributed by atoms with Crippen molar-refractivity contribution in [3.8, 4) is 0 Å². The summed E-state index contributed by atoms with van der Waals surface area (Å²) in [7, 11) is 1.87. The molecule has 1 aromatic heterocycles. The van der Waals surface area contributed by atoms with Gasteiger partial charge in [-0.3, -0.25) is 0 Å². The molecule has 0 bridgehead atoms. The van der Waals surface area contributed by atoms with Gasteiger partial charge in [0.1, 0.15) is 18.2 Å². The lowest BCUT2D eigenvalue weighted by Crippen LogP contribution is -2.33. The molecule has 0 radical (unpaired) electrons. The Balaban J connectivity index is 3.03. The molecule has 0 saturated heterocycles. The second kappa shape index (κ2) is 7.94. The fraction of sp³-hybridized carbons (Fsp3) is 0.714. The summed E-state index contributed by atoms with van der Waals surface area (Å²) in [5.41, 5.74) is 0. The van der Waals surface area contributed by atoms with E-state index in [4.69, 9.17) is 4.74 Å². The van der Waals surface area contributed by atoms with Crippen LogP contribution in [0.4, 0.5) is 11.6 Å². The second-order valence-electron chi connectivity index (χ2n) is 4.46. The molecule has 5 heteroatoms. The van der Waals surface area contributed by atoms with Crippen LogP contribution < -0.4 is 10.2 Å². The van der Waals surface area contributed by atoms with Crippen molar-refractivity contribution in [1.82, 2.24) is 9.97 Å². The van der Waals surface area contributed by atoms with Gasteiger partial charge in [0.25, 0.3) is 0 Å². The van der Waals surface area contributed by atoms with Crippen LogP contribution in [0.2, 0.25) is 0 Å². The highest BCUT2D eigenvalue weighted by atomic mass is 16.5. The summed E-state index contributed by atoms with van der Waals surface area (Å²) in [6.07, 6.45) is 1.09. The molecule has 1 atom stereocenters. The van der Waals surface area contributed by atoms with Crippen LogP contribution in [-0.4, -0.2) is 36.2 Å². The van der Waals surface area contributed by atoms with E-state index in [9.17, 15) is 0 Å². The van der Waals surface area contributed by atoms with E-state index in [1.165, 1.54) is 0 Å². The predicted octanol–water partition coefficient (Wildman–Crippen LogP) is 2.68. The van der Waals surface area contributed by atoms with Crippen molar-refractivity contribution in [2.75, 3.05) is 30.4 Å². The van der Waals surface area contributed by atoms with Crippen LogP contribution >= 0.6 is 0 Å². The monoisotopic (exact) mass is 266 g/mol. The number of nitrogens with one attached hydrogen (secondary N) is 1. The average Bonchev–Trinajstić information content (AvgIpc) is 2.45. The van der Waals surface area contributed by atoms with E-state index in [2.05, 4.69) is 41.0 Å². The minimum absolute atomic E-state index is 0.455. The summed E-state index contributed by atoms with van der Waals surface area (Å²) in [5, 5.41) is 3.09. The maximum atomic E-state index is 5.40. The fourth-order valence-electron chi connectivity index (χ4n) is 1.94. The highest BCUT2D eigenvalue weighted by molar-refractivity contribution is 5.49. The normalized spacial score (nSPS) is 12.3. The SMILES string of the molecule is CCOCc1nc(NC)cc(N(CC)C(C)CC)n1. The molecule has 1 N–H and O–H groups in total. The third-order valence-electron chi connectivity index (χ3n) is 3.21. The van der Waals surface area contributed by atoms with Gasteiger partial charge in [0.15, 0.2) is 5.82 Å². The average molecular weight is 266 g/mol. The van der Waals surface area contributed by atoms with Gasteiger partial charge in [-0.1, -0.05) is 6.92 Å². The van der Waals surface area contributed by atoms with Crippen molar-refractivity contribution < 1.29 is 4.74 Å². The van der Waals surface area contributed by atoms with Gasteiger partial charge in [0.05, 0.1) is 0 Å². The molecule has 1 rings (SSSR count). The topological polar surface area (TPSA) is 50.3 Å². The Labute approximate surface area is 116 Å². The summed E-state index contributed by atoms with van der Waals surface area (Å²) in [6.45, 7) is 10.6. The Morgan fingerprint density at radius 2 is 2.05 bits per heavy atom. The van der Waals surface area contributed by atoms with Crippen molar-refractivity contribution >= 4 is 11.6 Å². The van der Waals surface area contributed by atoms with Crippen LogP contribution in [0.1, 0.15) is 39.9 Å². The summed E-state index contributed by atoms with van der Waals surface area (Å²) in [5.74, 6) is 2.53. The lowest BCUT2D eigenvalue weighted by atomic mass is 10.2. The van der Waals surface area contributed by atoms with Crippen molar-refractivity contribution in [3.05, 3.63) is 11.9 Å². The van der Waals surface area contributed by atoms with Gasteiger partial charge < -0.3 is 15.0 Å². The summed E-state index contributed by atoms with van der Waals surface area (Å²) >= 11 is 0. The number of hydrogen-bond acceptors (Lipinski definition) is 5. The molecule has 0 spiro atoms. The molecule has 0 aromatic carbocycles. The number of hydrogen-bond donors (Lipinski definition) is 1. The number of ether oxygens (including phenoxy) is 1. The fourth-order valence-corrected chi connectivity index (χ4v) is 1.94. The highest BCUT2D eigenvalue weighted by Gasteiger charge is 2.14. The quantitative estimate of drug-likeness (QED) is 0.784. The minimum atomic E-state index is 0.455. The van der Waals surface area contributed by atoms with E-state index in [0.717, 1.165) is 30.4 Å². The zero-order valence-electron chi connectivity index (χ0n) is 12.7. The molecule has 19 heavy (non-hydrogen) atoms. The first-order valence-corrected chi connectivity index (χ1v) is 7.06. The molecule has 0 aliphatic heterocycles. The Bertz CT molecular complexity index is 384. The summed E-state index contributed by atoms with van der Waals surface area (Å²) in [4.78, 5) is 11.3. The molecule has 5 nitrogen and oxygen atoms in total. The van der Waals surface area contributed by atoms with Crippen molar-refractivity contribution in [1.29, 1.82) is 0 Å². The number of anilines is 2. The van der Waals surface area contributed by atoms with E-state index >= 15 is 0 Å². The van der Waals surface area contributed by atoms with Crippen molar-refractivity contribution in [3.63, 3.8) is 0 Å². The van der Waals surface area contributed by atoms with Crippen molar-refractivity contribution in [2.45, 2.75) is 46.8 Å². The van der Waals surface area contributed by atoms with E-state index in [0.29, 0.717) is 19.3 Å². The van der Waals surface area contributed by atoms with Crippen LogP contribution in [0, 0.1) is 0 Å². The van der Waals surface area contributed by atoms with Gasteiger partial charge in [-0.15, -0.1) is 0 Å². The van der Waals surface area contributed by atoms with Crippen LogP contribution in [0.5, 0.6) is 0 Å². The lowest BCUT2D eigenvalue weighted by Gasteiger charge is -2.28. The molecule has 1 heterocycles. The first kappa shape index (κ1) is 15.7. The van der Waals surface area contributed by atoms with Gasteiger partial charge >= 0.3 is 0 Å². The first-order chi connectivity index (χ1) is 9.15. The number of aromatic nitrogens is 2. The van der Waals surface area contributed by atoms with Crippen LogP contribution in [0.15, 0.2) is 6.07 Å². The second-order valence-corrected chi connectivity index (χ2v) is 4.46. The molecular formula is C14H26N4O. The maximum absolute atomic E-state index is 5.40. The predicted molar refractivity (Wildman–Crippen MR) is 79.7 cm³/mol. The zero-order valence-corrected chi connectivity index (χ0v) is 12.7. The maximum Gasteiger partial charge on any atom is 0.158 e. The number of rotatable bonds is 8.